The van der Waals surface area contributed by atoms with Gasteiger partial charge in [-0.1, -0.05) is 19.1 Å². The summed E-state index contributed by atoms with van der Waals surface area (Å²) in [5.74, 6) is 1.10. The number of hydrogen-bond donors (Lipinski definition) is 3. The van der Waals surface area contributed by atoms with Gasteiger partial charge in [-0.25, -0.2) is 0 Å². The smallest absolute Gasteiger partial charge is 0.315 e. The van der Waals surface area contributed by atoms with Crippen molar-refractivity contribution in [3.05, 3.63) is 12.2 Å². The molecule has 2 aliphatic heterocycles. The Hall–Kier alpha value is -0.950. The molecule has 0 aromatic heterocycles. The molecule has 2 saturated carbocycles. The molecule has 0 aromatic rings. The zero-order valence-electron chi connectivity index (χ0n) is 18.1. The van der Waals surface area contributed by atoms with E-state index in [4.69, 9.17) is 14.6 Å². The van der Waals surface area contributed by atoms with Crippen molar-refractivity contribution in [1.82, 2.24) is 0 Å². The quantitative estimate of drug-likeness (QED) is 0.290. The van der Waals surface area contributed by atoms with Crippen molar-refractivity contribution in [2.24, 2.45) is 23.2 Å². The van der Waals surface area contributed by atoms with E-state index in [0.29, 0.717) is 25.0 Å². The summed E-state index contributed by atoms with van der Waals surface area (Å²) in [4.78, 5) is 15.9. The van der Waals surface area contributed by atoms with Gasteiger partial charge < -0.3 is 24.4 Å². The fourth-order valence-electron chi connectivity index (χ4n) is 6.59. The number of carbonyl (C=O) groups excluding carboxylic acids is 1. The van der Waals surface area contributed by atoms with Gasteiger partial charge in [0.15, 0.2) is 0 Å². The van der Waals surface area contributed by atoms with E-state index in [9.17, 15) is 4.79 Å². The molecule has 3 N–H and O–H groups in total. The van der Waals surface area contributed by atoms with Crippen LogP contribution in [0.25, 0.3) is 0 Å². The van der Waals surface area contributed by atoms with E-state index in [0.717, 1.165) is 58.5 Å². The Morgan fingerprint density at radius 1 is 1.24 bits per heavy atom. The third-order valence-corrected chi connectivity index (χ3v) is 8.33. The van der Waals surface area contributed by atoms with Crippen LogP contribution in [-0.4, -0.2) is 76.3 Å². The molecule has 164 valence electrons. The molecule has 0 spiro atoms. The molecule has 6 nitrogen and oxygen atoms in total. The summed E-state index contributed by atoms with van der Waals surface area (Å²) in [7, 11) is 0. The Bertz CT molecular complexity index is 604. The largest absolute Gasteiger partial charge is 0.462 e. The molecule has 2 heterocycles. The Labute approximate surface area is 175 Å². The highest BCUT2D eigenvalue weighted by molar-refractivity contribution is 5.75. The van der Waals surface area contributed by atoms with E-state index >= 15 is 0 Å². The van der Waals surface area contributed by atoms with Gasteiger partial charge in [0, 0.05) is 5.92 Å². The molecule has 6 heteroatoms. The molecule has 2 aliphatic carbocycles. The molecule has 4 rings (SSSR count). The molecule has 5 atom stereocenters. The van der Waals surface area contributed by atoms with Crippen LogP contribution in [0.4, 0.5) is 0 Å². The predicted molar refractivity (Wildman–Crippen MR) is 110 cm³/mol. The van der Waals surface area contributed by atoms with Crippen LogP contribution in [-0.2, 0) is 14.3 Å². The number of quaternary nitrogens is 2. The molecule has 0 aromatic carbocycles. The first-order chi connectivity index (χ1) is 14.0. The van der Waals surface area contributed by atoms with E-state index in [1.807, 2.05) is 0 Å². The maximum atomic E-state index is 12.8. The molecule has 0 unspecified atom stereocenters. The van der Waals surface area contributed by atoms with Crippen LogP contribution in [0.2, 0.25) is 0 Å². The molecular formula is C23H40N2O4+2. The van der Waals surface area contributed by atoms with E-state index < -0.39 is 0 Å². The summed E-state index contributed by atoms with van der Waals surface area (Å²) in [6, 6.07) is 0. The Morgan fingerprint density at radius 2 is 2.00 bits per heavy atom. The van der Waals surface area contributed by atoms with Gasteiger partial charge in [-0.05, 0) is 43.4 Å². The van der Waals surface area contributed by atoms with Crippen molar-refractivity contribution in [1.29, 1.82) is 0 Å². The highest BCUT2D eigenvalue weighted by Crippen LogP contribution is 2.56. The lowest BCUT2D eigenvalue weighted by molar-refractivity contribution is -1.01. The van der Waals surface area contributed by atoms with Crippen LogP contribution in [0, 0.1) is 23.2 Å². The van der Waals surface area contributed by atoms with Gasteiger partial charge in [0.1, 0.15) is 44.7 Å². The molecule has 4 fully saturated rings. The molecule has 2 saturated heterocycles. The monoisotopic (exact) mass is 408 g/mol. The summed E-state index contributed by atoms with van der Waals surface area (Å²) in [6.07, 6.45) is 5.92. The third kappa shape index (κ3) is 4.55. The molecule has 4 aliphatic rings. The zero-order chi connectivity index (χ0) is 20.4. The minimum atomic E-state index is 0.0625. The Kier molecular flexibility index (Phi) is 6.64. The number of nitrogens with one attached hydrogen (secondary N) is 2. The maximum Gasteiger partial charge on any atom is 0.315 e. The Balaban J connectivity index is 1.30. The summed E-state index contributed by atoms with van der Waals surface area (Å²) in [6.45, 7) is 14.5. The summed E-state index contributed by atoms with van der Waals surface area (Å²) in [5.41, 5.74) is 1.70. The predicted octanol–water partition coefficient (Wildman–Crippen LogP) is -0.907. The highest BCUT2D eigenvalue weighted by atomic mass is 16.6. The van der Waals surface area contributed by atoms with Crippen molar-refractivity contribution >= 4 is 5.97 Å². The second-order valence-corrected chi connectivity index (χ2v) is 10.2. The third-order valence-electron chi connectivity index (χ3n) is 8.33. The lowest BCUT2D eigenvalue weighted by Gasteiger charge is -2.50. The second kappa shape index (κ2) is 9.04. The summed E-state index contributed by atoms with van der Waals surface area (Å²) < 4.78 is 11.3. The number of allylic oxidation sites excluding steroid dienone is 1. The van der Waals surface area contributed by atoms with Gasteiger partial charge in [0.25, 0.3) is 0 Å². The Morgan fingerprint density at radius 3 is 2.76 bits per heavy atom. The van der Waals surface area contributed by atoms with Crippen LogP contribution < -0.4 is 9.80 Å². The molecular weight excluding hydrogens is 368 g/mol. The van der Waals surface area contributed by atoms with Gasteiger partial charge in [0.2, 0.25) is 0 Å². The van der Waals surface area contributed by atoms with Crippen LogP contribution >= 0.6 is 0 Å². The molecule has 0 bridgehead atoms. The van der Waals surface area contributed by atoms with E-state index in [1.165, 1.54) is 18.4 Å². The number of carbonyl (C=O) groups is 1. The highest BCUT2D eigenvalue weighted by Gasteiger charge is 2.56. The first kappa shape index (κ1) is 21.3. The maximum absolute atomic E-state index is 12.8. The van der Waals surface area contributed by atoms with Gasteiger partial charge in [0.05, 0.1) is 26.4 Å². The van der Waals surface area contributed by atoms with Crippen LogP contribution in [0.15, 0.2) is 12.2 Å². The van der Waals surface area contributed by atoms with Crippen molar-refractivity contribution in [3.63, 3.8) is 0 Å². The lowest BCUT2D eigenvalue weighted by atomic mass is 9.55. The van der Waals surface area contributed by atoms with Crippen molar-refractivity contribution in [3.8, 4) is 0 Å². The van der Waals surface area contributed by atoms with Crippen LogP contribution in [0.5, 0.6) is 0 Å². The van der Waals surface area contributed by atoms with Gasteiger partial charge in [-0.2, -0.15) is 0 Å². The number of ether oxygens (including phenoxy) is 2. The van der Waals surface area contributed by atoms with E-state index in [2.05, 4.69) is 13.5 Å². The molecule has 29 heavy (non-hydrogen) atoms. The van der Waals surface area contributed by atoms with Crippen molar-refractivity contribution in [2.45, 2.75) is 45.1 Å². The van der Waals surface area contributed by atoms with Gasteiger partial charge in [-0.3, -0.25) is 4.79 Å². The molecule has 0 amide bonds. The average Bonchev–Trinajstić information content (AvgIpc) is 2.99. The molecule has 0 radical (unpaired) electrons. The normalized spacial score (nSPS) is 42.3. The number of aliphatic hydroxyl groups excluding tert-OH is 1. The summed E-state index contributed by atoms with van der Waals surface area (Å²) >= 11 is 0. The number of aliphatic hydroxyl groups is 1. The SMILES string of the molecule is C=C1CCC[C@@]2(C)C[C@H]3OC(=O)[C@@H](C[NH+]4CC[NH+](CCOCCO)CC4)[C@@H]3C[C@H]12. The van der Waals surface area contributed by atoms with Gasteiger partial charge in [-0.15, -0.1) is 0 Å². The number of rotatable bonds is 7. The number of hydrogen-bond acceptors (Lipinski definition) is 4. The van der Waals surface area contributed by atoms with Crippen molar-refractivity contribution < 1.29 is 29.2 Å². The second-order valence-electron chi connectivity index (χ2n) is 10.2. The number of piperazine rings is 1. The van der Waals surface area contributed by atoms with Crippen LogP contribution in [0.1, 0.15) is 39.0 Å². The minimum absolute atomic E-state index is 0.0625. The van der Waals surface area contributed by atoms with Crippen LogP contribution in [0.3, 0.4) is 0 Å². The minimum Gasteiger partial charge on any atom is -0.462 e. The topological polar surface area (TPSA) is 64.6 Å². The van der Waals surface area contributed by atoms with E-state index in [-0.39, 0.29) is 30.0 Å². The average molecular weight is 409 g/mol. The lowest BCUT2D eigenvalue weighted by Crippen LogP contribution is -3.28. The zero-order valence-corrected chi connectivity index (χ0v) is 18.1. The van der Waals surface area contributed by atoms with Crippen molar-refractivity contribution in [2.75, 3.05) is 59.1 Å². The fraction of sp³-hybridized carbons (Fsp3) is 0.870. The van der Waals surface area contributed by atoms with Gasteiger partial charge >= 0.3 is 5.97 Å². The number of fused-ring (bicyclic) bond motifs is 2. The fourth-order valence-corrected chi connectivity index (χ4v) is 6.59. The first-order valence-electron chi connectivity index (χ1n) is 11.7. The van der Waals surface area contributed by atoms with E-state index in [1.54, 1.807) is 9.80 Å². The standard InChI is InChI=1S/C23H38N2O4/c1-17-4-3-5-23(2)15-21-18(14-20(17)23)19(22(27)29-21)16-25-8-6-24(7-9-25)10-12-28-13-11-26/h18-21,26H,1,3-16H2,2H3/p+2/t18-,19-,20+,21+,23-/m0/s1. The summed E-state index contributed by atoms with van der Waals surface area (Å²) in [5, 5.41) is 8.79. The number of esters is 1. The first-order valence-corrected chi connectivity index (χ1v) is 11.7.